The molecule has 3 heterocycles. The number of halogens is 3. The molecule has 1 amide bonds. The van der Waals surface area contributed by atoms with Crippen LogP contribution in [0.3, 0.4) is 0 Å². The van der Waals surface area contributed by atoms with Crippen LogP contribution < -0.4 is 5.32 Å². The molecule has 4 aromatic rings. The lowest BCUT2D eigenvalue weighted by Crippen LogP contribution is -2.15. The minimum Gasteiger partial charge on any atom is -0.321 e. The molecule has 0 unspecified atom stereocenters. The molecule has 0 bridgehead atoms. The van der Waals surface area contributed by atoms with E-state index in [9.17, 15) is 18.0 Å². The maximum atomic E-state index is 12.9. The first kappa shape index (κ1) is 20.3. The van der Waals surface area contributed by atoms with Crippen LogP contribution in [0.25, 0.3) is 11.3 Å². The monoisotopic (exact) mass is 427 g/mol. The summed E-state index contributed by atoms with van der Waals surface area (Å²) < 4.78 is 39.9. The van der Waals surface area contributed by atoms with Gasteiger partial charge in [-0.3, -0.25) is 9.48 Å². The highest BCUT2D eigenvalue weighted by Gasteiger charge is 2.34. The number of alkyl halides is 3. The number of aromatic nitrogens is 6. The molecule has 0 saturated heterocycles. The highest BCUT2D eigenvalue weighted by Crippen LogP contribution is 2.31. The molecule has 31 heavy (non-hydrogen) atoms. The van der Waals surface area contributed by atoms with Gasteiger partial charge in [0.1, 0.15) is 11.6 Å². The second kappa shape index (κ2) is 8.01. The zero-order chi connectivity index (χ0) is 22.0. The number of anilines is 1. The fourth-order valence-corrected chi connectivity index (χ4v) is 2.98. The summed E-state index contributed by atoms with van der Waals surface area (Å²) >= 11 is 0. The minimum absolute atomic E-state index is 0.00183. The minimum atomic E-state index is -4.55. The smallest absolute Gasteiger partial charge is 0.321 e. The van der Waals surface area contributed by atoms with E-state index in [0.717, 1.165) is 16.3 Å². The average molecular weight is 427 g/mol. The summed E-state index contributed by atoms with van der Waals surface area (Å²) in [7, 11) is 1.41. The highest BCUT2D eigenvalue weighted by atomic mass is 19.4. The number of nitrogens with zero attached hydrogens (tertiary/aromatic N) is 5. The molecule has 3 aromatic heterocycles. The number of carbonyl (C=O) groups excluding carboxylic acids is 1. The zero-order valence-corrected chi connectivity index (χ0v) is 16.2. The summed E-state index contributed by atoms with van der Waals surface area (Å²) in [6.45, 7) is 0. The van der Waals surface area contributed by atoms with Gasteiger partial charge in [-0.1, -0.05) is 30.3 Å². The zero-order valence-electron chi connectivity index (χ0n) is 16.2. The molecule has 0 aliphatic heterocycles. The lowest BCUT2D eigenvalue weighted by Gasteiger charge is -2.05. The summed E-state index contributed by atoms with van der Waals surface area (Å²) in [6, 6.07) is 13.5. The number of amides is 1. The molecule has 0 atom stereocenters. The molecule has 158 valence electrons. The molecule has 2 N–H and O–H groups in total. The van der Waals surface area contributed by atoms with E-state index in [1.165, 1.54) is 25.4 Å². The molecule has 0 radical (unpaired) electrons. The lowest BCUT2D eigenvalue weighted by atomic mass is 10.1. The highest BCUT2D eigenvalue weighted by molar-refractivity contribution is 6.01. The first-order valence-electron chi connectivity index (χ1n) is 9.14. The van der Waals surface area contributed by atoms with Crippen molar-refractivity contribution < 1.29 is 18.0 Å². The number of H-pyrrole nitrogens is 1. The SMILES string of the molecule is Cn1nc(C(F)(F)F)cc1-c1ccnc(NC(=O)c2nnc(Cc3ccccc3)[nH]2)c1. The summed E-state index contributed by atoms with van der Waals surface area (Å²) in [5.74, 6) is 0.0985. The number of hydrogen-bond acceptors (Lipinski definition) is 5. The normalized spacial score (nSPS) is 11.5. The Morgan fingerprint density at radius 1 is 1.13 bits per heavy atom. The van der Waals surface area contributed by atoms with Crippen LogP contribution in [0, 0.1) is 0 Å². The van der Waals surface area contributed by atoms with Crippen molar-refractivity contribution in [1.29, 1.82) is 0 Å². The lowest BCUT2D eigenvalue weighted by molar-refractivity contribution is -0.141. The van der Waals surface area contributed by atoms with Gasteiger partial charge in [0.05, 0.1) is 5.69 Å². The van der Waals surface area contributed by atoms with E-state index in [1.807, 2.05) is 30.3 Å². The third kappa shape index (κ3) is 4.60. The Morgan fingerprint density at radius 2 is 1.90 bits per heavy atom. The molecular formula is C20H16F3N7O. The third-order valence-corrected chi connectivity index (χ3v) is 4.43. The van der Waals surface area contributed by atoms with E-state index >= 15 is 0 Å². The molecular weight excluding hydrogens is 411 g/mol. The largest absolute Gasteiger partial charge is 0.435 e. The molecule has 11 heteroatoms. The predicted molar refractivity (Wildman–Crippen MR) is 105 cm³/mol. The number of rotatable bonds is 5. The van der Waals surface area contributed by atoms with Gasteiger partial charge < -0.3 is 10.3 Å². The van der Waals surface area contributed by atoms with Gasteiger partial charge in [-0.05, 0) is 23.8 Å². The van der Waals surface area contributed by atoms with Crippen LogP contribution in [-0.4, -0.2) is 35.9 Å². The van der Waals surface area contributed by atoms with E-state index in [4.69, 9.17) is 0 Å². The van der Waals surface area contributed by atoms with Crippen LogP contribution in [0.15, 0.2) is 54.7 Å². The second-order valence-electron chi connectivity index (χ2n) is 6.70. The molecule has 0 aliphatic rings. The summed E-state index contributed by atoms with van der Waals surface area (Å²) in [4.78, 5) is 19.4. The number of aromatic amines is 1. The third-order valence-electron chi connectivity index (χ3n) is 4.43. The Kier molecular flexibility index (Phi) is 5.24. The van der Waals surface area contributed by atoms with Crippen LogP contribution in [-0.2, 0) is 19.6 Å². The van der Waals surface area contributed by atoms with E-state index in [-0.39, 0.29) is 17.3 Å². The van der Waals surface area contributed by atoms with Crippen LogP contribution in [0.5, 0.6) is 0 Å². The first-order chi connectivity index (χ1) is 14.8. The summed E-state index contributed by atoms with van der Waals surface area (Å²) in [5.41, 5.74) is 0.655. The predicted octanol–water partition coefficient (Wildman–Crippen LogP) is 3.46. The van der Waals surface area contributed by atoms with Gasteiger partial charge in [-0.15, -0.1) is 10.2 Å². The fraction of sp³-hybridized carbons (Fsp3) is 0.150. The van der Waals surface area contributed by atoms with Crippen LogP contribution in [0.1, 0.15) is 27.7 Å². The maximum absolute atomic E-state index is 12.9. The Morgan fingerprint density at radius 3 is 2.61 bits per heavy atom. The number of benzene rings is 1. The van der Waals surface area contributed by atoms with Crippen molar-refractivity contribution in [2.75, 3.05) is 5.32 Å². The van der Waals surface area contributed by atoms with Gasteiger partial charge in [0.2, 0.25) is 5.82 Å². The van der Waals surface area contributed by atoms with Crippen molar-refractivity contribution in [3.63, 3.8) is 0 Å². The molecule has 8 nitrogen and oxygen atoms in total. The number of hydrogen-bond donors (Lipinski definition) is 2. The van der Waals surface area contributed by atoms with Crippen molar-refractivity contribution in [2.24, 2.45) is 7.05 Å². The number of nitrogens with one attached hydrogen (secondary N) is 2. The van der Waals surface area contributed by atoms with Gasteiger partial charge in [-0.25, -0.2) is 4.98 Å². The Bertz CT molecular complexity index is 1210. The molecule has 0 fully saturated rings. The van der Waals surface area contributed by atoms with E-state index in [1.54, 1.807) is 0 Å². The Labute approximate surface area is 174 Å². The fourth-order valence-electron chi connectivity index (χ4n) is 2.98. The van der Waals surface area contributed by atoms with Crippen molar-refractivity contribution in [3.05, 3.63) is 77.6 Å². The summed E-state index contributed by atoms with van der Waals surface area (Å²) in [5, 5.41) is 13.9. The van der Waals surface area contributed by atoms with E-state index in [2.05, 4.69) is 30.6 Å². The quantitative estimate of drug-likeness (QED) is 0.508. The standard InChI is InChI=1S/C20H16F3N7O/c1-30-14(11-15(29-30)20(21,22)23)13-7-8-24-16(10-13)26-19(31)18-25-17(27-28-18)9-12-5-3-2-4-6-12/h2-8,10-11H,9H2,1H3,(H,24,26,31)(H,25,27,28). The van der Waals surface area contributed by atoms with Gasteiger partial charge in [-0.2, -0.15) is 18.3 Å². The Hall–Kier alpha value is -4.02. The van der Waals surface area contributed by atoms with Crippen molar-refractivity contribution in [1.82, 2.24) is 29.9 Å². The molecule has 1 aromatic carbocycles. The van der Waals surface area contributed by atoms with Crippen molar-refractivity contribution >= 4 is 11.7 Å². The first-order valence-corrected chi connectivity index (χ1v) is 9.14. The van der Waals surface area contributed by atoms with Crippen LogP contribution >= 0.6 is 0 Å². The second-order valence-corrected chi connectivity index (χ2v) is 6.70. The van der Waals surface area contributed by atoms with E-state index < -0.39 is 17.8 Å². The topological polar surface area (TPSA) is 101 Å². The van der Waals surface area contributed by atoms with Crippen molar-refractivity contribution in [3.8, 4) is 11.3 Å². The number of pyridine rings is 1. The average Bonchev–Trinajstić information content (AvgIpc) is 3.36. The Balaban J connectivity index is 1.49. The van der Waals surface area contributed by atoms with Gasteiger partial charge in [0.15, 0.2) is 5.69 Å². The van der Waals surface area contributed by atoms with Gasteiger partial charge >= 0.3 is 6.18 Å². The molecule has 0 spiro atoms. The number of aryl methyl sites for hydroxylation is 1. The van der Waals surface area contributed by atoms with Crippen LogP contribution in [0.4, 0.5) is 19.0 Å². The van der Waals surface area contributed by atoms with Crippen LogP contribution in [0.2, 0.25) is 0 Å². The summed E-state index contributed by atoms with van der Waals surface area (Å²) in [6.07, 6.45) is -2.69. The number of carbonyl (C=O) groups is 1. The molecule has 0 aliphatic carbocycles. The van der Waals surface area contributed by atoms with Crippen molar-refractivity contribution in [2.45, 2.75) is 12.6 Å². The van der Waals surface area contributed by atoms with Gasteiger partial charge in [0, 0.05) is 25.2 Å². The maximum Gasteiger partial charge on any atom is 0.435 e. The van der Waals surface area contributed by atoms with E-state index in [0.29, 0.717) is 17.8 Å². The molecule has 0 saturated carbocycles. The molecule has 4 rings (SSSR count). The van der Waals surface area contributed by atoms with Gasteiger partial charge in [0.25, 0.3) is 5.91 Å².